The van der Waals surface area contributed by atoms with Crippen molar-refractivity contribution >= 4 is 12.1 Å². The van der Waals surface area contributed by atoms with Crippen molar-refractivity contribution in [2.24, 2.45) is 5.10 Å². The number of nitrogens with one attached hydrogen (secondary N) is 1. The van der Waals surface area contributed by atoms with Crippen molar-refractivity contribution in [3.05, 3.63) is 29.8 Å². The third-order valence-electron chi connectivity index (χ3n) is 1.88. The van der Waals surface area contributed by atoms with Crippen molar-refractivity contribution in [3.8, 4) is 5.75 Å². The van der Waals surface area contributed by atoms with E-state index in [1.54, 1.807) is 31.4 Å². The summed E-state index contributed by atoms with van der Waals surface area (Å²) in [6.07, 6.45) is 0.424. The number of amides is 1. The van der Waals surface area contributed by atoms with Crippen molar-refractivity contribution in [3.63, 3.8) is 0 Å². The van der Waals surface area contributed by atoms with Crippen molar-refractivity contribution in [2.75, 3.05) is 7.11 Å². The molecule has 1 atom stereocenters. The summed E-state index contributed by atoms with van der Waals surface area (Å²) in [5, 5.41) is 12.6. The quantitative estimate of drug-likeness (QED) is 0.576. The Morgan fingerprint density at radius 1 is 1.50 bits per heavy atom. The standard InChI is InChI=1S/C11H14N2O3/c1-8(14)11(15)13-12-7-9-3-5-10(16-2)6-4-9/h3-8,14H,1-2H3,(H,13,15). The molecule has 0 aliphatic carbocycles. The number of benzene rings is 1. The summed E-state index contributed by atoms with van der Waals surface area (Å²) in [5.74, 6) is 0.218. The van der Waals surface area contributed by atoms with Gasteiger partial charge in [0.15, 0.2) is 0 Å². The number of hydrazone groups is 1. The molecular formula is C11H14N2O3. The summed E-state index contributed by atoms with van der Waals surface area (Å²) < 4.78 is 5.00. The van der Waals surface area contributed by atoms with E-state index in [9.17, 15) is 4.79 Å². The van der Waals surface area contributed by atoms with Crippen LogP contribution in [0.15, 0.2) is 29.4 Å². The summed E-state index contributed by atoms with van der Waals surface area (Å²) in [6, 6.07) is 7.18. The highest BCUT2D eigenvalue weighted by molar-refractivity contribution is 5.84. The fraction of sp³-hybridized carbons (Fsp3) is 0.273. The second kappa shape index (κ2) is 5.87. The van der Waals surface area contributed by atoms with E-state index in [4.69, 9.17) is 9.84 Å². The van der Waals surface area contributed by atoms with Crippen LogP contribution < -0.4 is 10.2 Å². The minimum atomic E-state index is -1.06. The number of aliphatic hydroxyl groups excluding tert-OH is 1. The van der Waals surface area contributed by atoms with Crippen molar-refractivity contribution in [2.45, 2.75) is 13.0 Å². The predicted molar refractivity (Wildman–Crippen MR) is 60.4 cm³/mol. The largest absolute Gasteiger partial charge is 0.497 e. The smallest absolute Gasteiger partial charge is 0.268 e. The molecule has 1 aromatic rings. The number of carbonyl (C=O) groups excluding carboxylic acids is 1. The van der Waals surface area contributed by atoms with E-state index in [0.717, 1.165) is 11.3 Å². The van der Waals surface area contributed by atoms with Crippen molar-refractivity contribution in [1.82, 2.24) is 5.43 Å². The number of ether oxygens (including phenoxy) is 1. The zero-order valence-electron chi connectivity index (χ0n) is 9.18. The molecule has 16 heavy (non-hydrogen) atoms. The van der Waals surface area contributed by atoms with Gasteiger partial charge in [-0.2, -0.15) is 5.10 Å². The molecule has 1 rings (SSSR count). The molecule has 1 unspecified atom stereocenters. The number of rotatable bonds is 4. The topological polar surface area (TPSA) is 70.9 Å². The van der Waals surface area contributed by atoms with Gasteiger partial charge < -0.3 is 9.84 Å². The first-order valence-corrected chi connectivity index (χ1v) is 4.78. The summed E-state index contributed by atoms with van der Waals surface area (Å²) in [7, 11) is 1.59. The number of carbonyl (C=O) groups is 1. The third kappa shape index (κ3) is 3.70. The van der Waals surface area contributed by atoms with Crippen LogP contribution >= 0.6 is 0 Å². The number of aliphatic hydroxyl groups is 1. The summed E-state index contributed by atoms with van der Waals surface area (Å²) in [6.45, 7) is 1.37. The average Bonchev–Trinajstić information content (AvgIpc) is 2.29. The second-order valence-electron chi connectivity index (χ2n) is 3.18. The molecule has 1 aromatic carbocycles. The molecule has 0 saturated heterocycles. The lowest BCUT2D eigenvalue weighted by Crippen LogP contribution is -2.28. The zero-order valence-corrected chi connectivity index (χ0v) is 9.18. The molecule has 0 spiro atoms. The van der Waals surface area contributed by atoms with Gasteiger partial charge in [-0.15, -0.1) is 0 Å². The van der Waals surface area contributed by atoms with Gasteiger partial charge in [0.25, 0.3) is 5.91 Å². The van der Waals surface area contributed by atoms with Crippen LogP contribution in [0, 0.1) is 0 Å². The van der Waals surface area contributed by atoms with Crippen LogP contribution in [0.2, 0.25) is 0 Å². The van der Waals surface area contributed by atoms with Gasteiger partial charge in [-0.3, -0.25) is 4.79 Å². The van der Waals surface area contributed by atoms with Crippen LogP contribution in [0.25, 0.3) is 0 Å². The lowest BCUT2D eigenvalue weighted by Gasteiger charge is -2.01. The number of hydrogen-bond donors (Lipinski definition) is 2. The molecule has 0 bridgehead atoms. The molecule has 1 amide bonds. The normalized spacial score (nSPS) is 12.4. The molecule has 0 saturated carbocycles. The Balaban J connectivity index is 2.53. The molecule has 0 radical (unpaired) electrons. The first-order valence-electron chi connectivity index (χ1n) is 4.78. The number of nitrogens with zero attached hydrogens (tertiary/aromatic N) is 1. The number of methoxy groups -OCH3 is 1. The van der Waals surface area contributed by atoms with Gasteiger partial charge in [-0.1, -0.05) is 0 Å². The van der Waals surface area contributed by atoms with Crippen molar-refractivity contribution in [1.29, 1.82) is 0 Å². The van der Waals surface area contributed by atoms with E-state index in [1.165, 1.54) is 13.1 Å². The van der Waals surface area contributed by atoms with Gasteiger partial charge in [-0.25, -0.2) is 5.43 Å². The number of hydrogen-bond acceptors (Lipinski definition) is 4. The van der Waals surface area contributed by atoms with E-state index in [2.05, 4.69) is 10.5 Å². The first-order chi connectivity index (χ1) is 7.63. The molecule has 86 valence electrons. The minimum Gasteiger partial charge on any atom is -0.497 e. The van der Waals surface area contributed by atoms with Crippen LogP contribution in [-0.2, 0) is 4.79 Å². The van der Waals surface area contributed by atoms with E-state index in [0.29, 0.717) is 0 Å². The maximum atomic E-state index is 10.9. The minimum absolute atomic E-state index is 0.537. The second-order valence-corrected chi connectivity index (χ2v) is 3.18. The summed E-state index contributed by atoms with van der Waals surface area (Å²) in [5.41, 5.74) is 3.03. The Kier molecular flexibility index (Phi) is 4.47. The highest BCUT2D eigenvalue weighted by Crippen LogP contribution is 2.09. The fourth-order valence-electron chi connectivity index (χ4n) is 0.954. The summed E-state index contributed by atoms with van der Waals surface area (Å²) in [4.78, 5) is 10.9. The van der Waals surface area contributed by atoms with Crippen LogP contribution in [0.4, 0.5) is 0 Å². The predicted octanol–water partition coefficient (Wildman–Crippen LogP) is 0.526. The van der Waals surface area contributed by atoms with Crippen LogP contribution in [0.1, 0.15) is 12.5 Å². The van der Waals surface area contributed by atoms with Gasteiger partial charge >= 0.3 is 0 Å². The van der Waals surface area contributed by atoms with E-state index < -0.39 is 12.0 Å². The molecule has 0 fully saturated rings. The zero-order chi connectivity index (χ0) is 12.0. The van der Waals surface area contributed by atoms with Gasteiger partial charge in [0.2, 0.25) is 0 Å². The molecular weight excluding hydrogens is 208 g/mol. The lowest BCUT2D eigenvalue weighted by atomic mass is 10.2. The van der Waals surface area contributed by atoms with E-state index in [-0.39, 0.29) is 0 Å². The maximum Gasteiger partial charge on any atom is 0.268 e. The van der Waals surface area contributed by atoms with E-state index >= 15 is 0 Å². The van der Waals surface area contributed by atoms with Gasteiger partial charge in [-0.05, 0) is 36.8 Å². The Morgan fingerprint density at radius 3 is 2.62 bits per heavy atom. The molecule has 2 N–H and O–H groups in total. The Bertz CT molecular complexity index is 371. The Morgan fingerprint density at radius 2 is 2.12 bits per heavy atom. The Hall–Kier alpha value is -1.88. The van der Waals surface area contributed by atoms with E-state index in [1.807, 2.05) is 0 Å². The summed E-state index contributed by atoms with van der Waals surface area (Å²) >= 11 is 0. The molecule has 0 aromatic heterocycles. The average molecular weight is 222 g/mol. The lowest BCUT2D eigenvalue weighted by molar-refractivity contribution is -0.128. The van der Waals surface area contributed by atoms with Gasteiger partial charge in [0, 0.05) is 0 Å². The van der Waals surface area contributed by atoms with Gasteiger partial charge in [0.1, 0.15) is 11.9 Å². The molecule has 0 aliphatic rings. The van der Waals surface area contributed by atoms with Gasteiger partial charge in [0.05, 0.1) is 13.3 Å². The van der Waals surface area contributed by atoms with Crippen LogP contribution in [0.5, 0.6) is 5.75 Å². The van der Waals surface area contributed by atoms with Crippen molar-refractivity contribution < 1.29 is 14.6 Å². The fourth-order valence-corrected chi connectivity index (χ4v) is 0.954. The molecule has 5 nitrogen and oxygen atoms in total. The highest BCUT2D eigenvalue weighted by atomic mass is 16.5. The maximum absolute atomic E-state index is 10.9. The Labute approximate surface area is 93.7 Å². The van der Waals surface area contributed by atoms with Crippen LogP contribution in [0.3, 0.4) is 0 Å². The van der Waals surface area contributed by atoms with Crippen LogP contribution in [-0.4, -0.2) is 30.4 Å². The third-order valence-corrected chi connectivity index (χ3v) is 1.88. The first kappa shape index (κ1) is 12.2. The molecule has 0 heterocycles. The monoisotopic (exact) mass is 222 g/mol. The highest BCUT2D eigenvalue weighted by Gasteiger charge is 2.05. The molecule has 5 heteroatoms. The molecule has 0 aliphatic heterocycles. The SMILES string of the molecule is COc1ccc(C=NNC(=O)C(C)O)cc1.